The van der Waals surface area contributed by atoms with Gasteiger partial charge in [0.25, 0.3) is 5.60 Å². The molecule has 0 radical (unpaired) electrons. The number of anilines is 2. The summed E-state index contributed by atoms with van der Waals surface area (Å²) in [4.78, 5) is 1.88. The van der Waals surface area contributed by atoms with E-state index >= 15 is 0 Å². The summed E-state index contributed by atoms with van der Waals surface area (Å²) in [5.74, 6) is -2.30. The maximum atomic E-state index is 14.6. The van der Waals surface area contributed by atoms with Crippen LogP contribution < -0.4 is 9.91 Å². The standard InChI is InChI=1S/C25H24F8N4O3S/c26-16-3-8-20(19(27)13-16)37-21(14-22(34-37)23(38,24(28,29)30)25(31,32)33)15-1-4-17(5-2-15)35-9-11-36(12-10-35)41(39,40)18-6-7-18/h1-5,8,13,18,21,38H,6-7,9-12,14H2. The summed E-state index contributed by atoms with van der Waals surface area (Å²) in [6.07, 6.45) is -12.2. The number of halogens is 8. The Hall–Kier alpha value is -2.98. The number of rotatable bonds is 6. The van der Waals surface area contributed by atoms with Crippen molar-refractivity contribution in [2.45, 2.75) is 48.5 Å². The minimum atomic E-state index is -6.19. The van der Waals surface area contributed by atoms with Crippen LogP contribution >= 0.6 is 0 Å². The normalized spacial score (nSPS) is 21.4. The Morgan fingerprint density at radius 1 is 0.854 bits per heavy atom. The molecule has 1 unspecified atom stereocenters. The van der Waals surface area contributed by atoms with E-state index < -0.39 is 63.5 Å². The summed E-state index contributed by atoms with van der Waals surface area (Å²) in [5.41, 5.74) is -6.81. The lowest BCUT2D eigenvalue weighted by atomic mass is 9.90. The Labute approximate surface area is 229 Å². The molecule has 1 N–H and O–H groups in total. The number of sulfonamides is 1. The molecule has 2 aromatic carbocycles. The van der Waals surface area contributed by atoms with E-state index in [-0.39, 0.29) is 23.9 Å². The summed E-state index contributed by atoms with van der Waals surface area (Å²) in [6.45, 7) is 1.23. The van der Waals surface area contributed by atoms with Crippen molar-refractivity contribution < 1.29 is 48.6 Å². The fraction of sp³-hybridized carbons (Fsp3) is 0.480. The van der Waals surface area contributed by atoms with Gasteiger partial charge in [-0.25, -0.2) is 17.2 Å². The molecule has 5 rings (SSSR count). The van der Waals surface area contributed by atoms with Crippen LogP contribution in [0.4, 0.5) is 46.5 Å². The first-order valence-electron chi connectivity index (χ1n) is 12.6. The number of nitrogens with zero attached hydrogens (tertiary/aromatic N) is 4. The predicted octanol–water partition coefficient (Wildman–Crippen LogP) is 4.74. The van der Waals surface area contributed by atoms with Gasteiger partial charge in [-0.3, -0.25) is 5.01 Å². The van der Waals surface area contributed by atoms with Crippen LogP contribution in [0.15, 0.2) is 47.6 Å². The van der Waals surface area contributed by atoms with Gasteiger partial charge in [0.05, 0.1) is 22.7 Å². The van der Waals surface area contributed by atoms with Crippen molar-refractivity contribution in [1.29, 1.82) is 0 Å². The first kappa shape index (κ1) is 29.5. The van der Waals surface area contributed by atoms with E-state index in [2.05, 4.69) is 5.10 Å². The molecule has 1 atom stereocenters. The Kier molecular flexibility index (Phi) is 7.26. The molecule has 1 saturated carbocycles. The lowest BCUT2D eigenvalue weighted by molar-refractivity contribution is -0.338. The molecule has 224 valence electrons. The van der Waals surface area contributed by atoms with Gasteiger partial charge in [0.1, 0.15) is 5.82 Å². The fourth-order valence-corrected chi connectivity index (χ4v) is 6.88. The summed E-state index contributed by atoms with van der Waals surface area (Å²) in [7, 11) is -3.34. The molecule has 2 aliphatic heterocycles. The van der Waals surface area contributed by atoms with Crippen molar-refractivity contribution in [3.8, 4) is 0 Å². The third kappa shape index (κ3) is 5.25. The van der Waals surface area contributed by atoms with Gasteiger partial charge in [0, 0.05) is 44.4 Å². The maximum Gasteiger partial charge on any atom is 0.431 e. The van der Waals surface area contributed by atoms with Crippen LogP contribution in [-0.4, -0.2) is 72.9 Å². The Bertz CT molecular complexity index is 1420. The van der Waals surface area contributed by atoms with Crippen molar-refractivity contribution in [2.24, 2.45) is 5.10 Å². The number of benzene rings is 2. The molecule has 2 heterocycles. The largest absolute Gasteiger partial charge is 0.431 e. The zero-order valence-corrected chi connectivity index (χ0v) is 21.9. The molecule has 3 aliphatic rings. The summed E-state index contributed by atoms with van der Waals surface area (Å²) >= 11 is 0. The van der Waals surface area contributed by atoms with Crippen molar-refractivity contribution in [3.05, 3.63) is 59.7 Å². The quantitative estimate of drug-likeness (QED) is 0.478. The van der Waals surface area contributed by atoms with Crippen molar-refractivity contribution in [3.63, 3.8) is 0 Å². The second kappa shape index (κ2) is 10.1. The molecule has 2 aromatic rings. The number of hydrogen-bond donors (Lipinski definition) is 1. The molecule has 41 heavy (non-hydrogen) atoms. The molecule has 7 nitrogen and oxygen atoms in total. The van der Waals surface area contributed by atoms with Crippen LogP contribution in [0.25, 0.3) is 0 Å². The Balaban J connectivity index is 1.43. The maximum absolute atomic E-state index is 14.6. The topological polar surface area (TPSA) is 76.5 Å². The molecule has 2 fully saturated rings. The van der Waals surface area contributed by atoms with Crippen molar-refractivity contribution >= 4 is 27.1 Å². The highest BCUT2D eigenvalue weighted by molar-refractivity contribution is 7.90. The second-order valence-corrected chi connectivity index (χ2v) is 12.3. The molecule has 16 heteroatoms. The molecular formula is C25H24F8N4O3S. The predicted molar refractivity (Wildman–Crippen MR) is 133 cm³/mol. The number of aliphatic hydroxyl groups is 1. The van der Waals surface area contributed by atoms with Crippen molar-refractivity contribution in [2.75, 3.05) is 36.1 Å². The van der Waals surface area contributed by atoms with Gasteiger partial charge in [-0.15, -0.1) is 0 Å². The lowest BCUT2D eigenvalue weighted by Gasteiger charge is -2.35. The van der Waals surface area contributed by atoms with Crippen LogP contribution in [0, 0.1) is 11.6 Å². The van der Waals surface area contributed by atoms with E-state index in [1.807, 2.05) is 4.90 Å². The molecule has 1 saturated heterocycles. The molecule has 0 amide bonds. The molecule has 0 aromatic heterocycles. The molecule has 1 aliphatic carbocycles. The minimum absolute atomic E-state index is 0.151. The van der Waals surface area contributed by atoms with Gasteiger partial charge in [0.2, 0.25) is 10.0 Å². The van der Waals surface area contributed by atoms with Crippen LogP contribution in [-0.2, 0) is 10.0 Å². The highest BCUT2D eigenvalue weighted by atomic mass is 32.2. The van der Waals surface area contributed by atoms with Crippen LogP contribution in [0.2, 0.25) is 0 Å². The van der Waals surface area contributed by atoms with Gasteiger partial charge in [-0.1, -0.05) is 12.1 Å². The van der Waals surface area contributed by atoms with Gasteiger partial charge in [0.15, 0.2) is 5.82 Å². The number of alkyl halides is 6. The number of hydrazone groups is 1. The second-order valence-electron chi connectivity index (χ2n) is 10.1. The average molecular weight is 613 g/mol. The van der Waals surface area contributed by atoms with Gasteiger partial charge >= 0.3 is 12.4 Å². The SMILES string of the molecule is O=S(=O)(C1CC1)N1CCN(c2ccc(C3CC(C(O)(C(F)(F)F)C(F)(F)F)=NN3c3ccc(F)cc3F)cc2)CC1. The zero-order chi connectivity index (χ0) is 30.0. The summed E-state index contributed by atoms with van der Waals surface area (Å²) < 4.78 is 136. The fourth-order valence-electron chi connectivity index (χ4n) is 5.05. The van der Waals surface area contributed by atoms with E-state index in [0.29, 0.717) is 42.7 Å². The van der Waals surface area contributed by atoms with Crippen LogP contribution in [0.5, 0.6) is 0 Å². The lowest BCUT2D eigenvalue weighted by Crippen LogP contribution is -2.62. The first-order valence-corrected chi connectivity index (χ1v) is 14.1. The summed E-state index contributed by atoms with van der Waals surface area (Å²) in [5, 5.41) is 13.6. The van der Waals surface area contributed by atoms with E-state index in [9.17, 15) is 48.6 Å². The van der Waals surface area contributed by atoms with Crippen LogP contribution in [0.1, 0.15) is 30.9 Å². The molecule has 0 spiro atoms. The van der Waals surface area contributed by atoms with Crippen LogP contribution in [0.3, 0.4) is 0 Å². The highest BCUT2D eigenvalue weighted by Gasteiger charge is 2.74. The highest BCUT2D eigenvalue weighted by Crippen LogP contribution is 2.49. The number of hydrogen-bond acceptors (Lipinski definition) is 6. The summed E-state index contributed by atoms with van der Waals surface area (Å²) in [6, 6.07) is 6.54. The monoisotopic (exact) mass is 612 g/mol. The average Bonchev–Trinajstić information content (AvgIpc) is 3.67. The minimum Gasteiger partial charge on any atom is -0.369 e. The van der Waals surface area contributed by atoms with Gasteiger partial charge in [-0.2, -0.15) is 35.7 Å². The van der Waals surface area contributed by atoms with Crippen molar-refractivity contribution in [1.82, 2.24) is 4.31 Å². The van der Waals surface area contributed by atoms with E-state index in [0.717, 1.165) is 12.1 Å². The third-order valence-electron chi connectivity index (χ3n) is 7.49. The zero-order valence-electron chi connectivity index (χ0n) is 21.1. The molecule has 0 bridgehead atoms. The van der Waals surface area contributed by atoms with E-state index in [4.69, 9.17) is 0 Å². The third-order valence-corrected chi connectivity index (χ3v) is 9.89. The van der Waals surface area contributed by atoms with E-state index in [1.165, 1.54) is 16.4 Å². The van der Waals surface area contributed by atoms with Gasteiger partial charge in [-0.05, 0) is 42.7 Å². The Morgan fingerprint density at radius 3 is 1.95 bits per heavy atom. The number of piperazine rings is 1. The van der Waals surface area contributed by atoms with E-state index in [1.54, 1.807) is 12.1 Å². The Morgan fingerprint density at radius 2 is 1.44 bits per heavy atom. The van der Waals surface area contributed by atoms with Gasteiger partial charge < -0.3 is 10.0 Å². The first-order chi connectivity index (χ1) is 19.0. The molecular weight excluding hydrogens is 588 g/mol. The smallest absolute Gasteiger partial charge is 0.369 e.